The number of carbonyl (C=O) groups is 1. The highest BCUT2D eigenvalue weighted by molar-refractivity contribution is 6.13. The number of para-hydroxylation sites is 2. The summed E-state index contributed by atoms with van der Waals surface area (Å²) in [5.74, 6) is 0.0230. The summed E-state index contributed by atoms with van der Waals surface area (Å²) in [5.41, 5.74) is 8.93. The monoisotopic (exact) mass is 305 g/mol. The number of anilines is 1. The minimum atomic E-state index is -0.381. The zero-order valence-corrected chi connectivity index (χ0v) is 12.6. The van der Waals surface area contributed by atoms with E-state index in [2.05, 4.69) is 4.98 Å². The van der Waals surface area contributed by atoms with Crippen LogP contribution in [0.3, 0.4) is 0 Å². The lowest BCUT2D eigenvalue weighted by atomic mass is 10.2. The van der Waals surface area contributed by atoms with Crippen molar-refractivity contribution in [3.8, 4) is 0 Å². The van der Waals surface area contributed by atoms with E-state index in [1.807, 2.05) is 52.9 Å². The number of nitrogens with zero attached hydrogens (tertiary/aromatic N) is 2. The highest BCUT2D eigenvalue weighted by atomic mass is 16.5. The van der Waals surface area contributed by atoms with Crippen molar-refractivity contribution in [1.29, 1.82) is 0 Å². The minimum Gasteiger partial charge on any atom is -0.462 e. The number of hydrogen-bond acceptors (Lipinski definition) is 4. The lowest BCUT2D eigenvalue weighted by Gasteiger charge is -2.07. The molecule has 0 unspecified atom stereocenters. The van der Waals surface area contributed by atoms with Gasteiger partial charge in [-0.2, -0.15) is 0 Å². The van der Waals surface area contributed by atoms with Gasteiger partial charge in [-0.3, -0.25) is 4.40 Å². The molecule has 0 aliphatic carbocycles. The normalized spacial score (nSPS) is 11.3. The highest BCUT2D eigenvalue weighted by Crippen LogP contribution is 2.31. The molecule has 2 aromatic carbocycles. The van der Waals surface area contributed by atoms with Gasteiger partial charge in [0.15, 0.2) is 5.65 Å². The van der Waals surface area contributed by atoms with Crippen LogP contribution in [0.15, 0.2) is 48.5 Å². The van der Waals surface area contributed by atoms with Gasteiger partial charge in [0.2, 0.25) is 0 Å². The first-order valence-corrected chi connectivity index (χ1v) is 7.47. The van der Waals surface area contributed by atoms with Gasteiger partial charge in [0.25, 0.3) is 0 Å². The van der Waals surface area contributed by atoms with E-state index in [9.17, 15) is 4.79 Å². The van der Waals surface area contributed by atoms with Gasteiger partial charge in [-0.05, 0) is 25.1 Å². The van der Waals surface area contributed by atoms with Gasteiger partial charge in [-0.25, -0.2) is 9.78 Å². The fourth-order valence-electron chi connectivity index (χ4n) is 3.04. The van der Waals surface area contributed by atoms with Crippen LogP contribution < -0.4 is 5.73 Å². The lowest BCUT2D eigenvalue weighted by molar-refractivity contribution is 0.0530. The molecule has 0 amide bonds. The number of ether oxygens (including phenoxy) is 1. The molecule has 0 bridgehead atoms. The molecular formula is C18H15N3O2. The number of fused-ring (bicyclic) bond motifs is 5. The van der Waals surface area contributed by atoms with Gasteiger partial charge in [-0.15, -0.1) is 0 Å². The third kappa shape index (κ3) is 1.86. The van der Waals surface area contributed by atoms with Crippen molar-refractivity contribution in [2.24, 2.45) is 0 Å². The fourth-order valence-corrected chi connectivity index (χ4v) is 3.04. The van der Waals surface area contributed by atoms with E-state index < -0.39 is 0 Å². The first-order chi connectivity index (χ1) is 11.2. The first-order valence-electron chi connectivity index (χ1n) is 7.47. The molecule has 0 radical (unpaired) electrons. The van der Waals surface area contributed by atoms with Crippen molar-refractivity contribution >= 4 is 39.2 Å². The maximum absolute atomic E-state index is 12.5. The molecule has 0 fully saturated rings. The second-order valence-corrected chi connectivity index (χ2v) is 5.29. The first kappa shape index (κ1) is 13.6. The van der Waals surface area contributed by atoms with Gasteiger partial charge in [0.05, 0.1) is 17.6 Å². The number of esters is 1. The van der Waals surface area contributed by atoms with Gasteiger partial charge in [0, 0.05) is 10.8 Å². The van der Waals surface area contributed by atoms with Crippen LogP contribution in [-0.4, -0.2) is 22.0 Å². The number of rotatable bonds is 2. The van der Waals surface area contributed by atoms with Crippen LogP contribution in [0.1, 0.15) is 17.3 Å². The standard InChI is InChI=1S/C18H15N3O2/c1-2-23-18(22)15-11-7-3-5-9-13(11)21-14-10-6-4-8-12(14)16(19)20-17(15)21/h3-10H,2H2,1H3,(H2,19,20). The number of nitrogens with two attached hydrogens (primary N) is 1. The Morgan fingerprint density at radius 2 is 1.70 bits per heavy atom. The molecule has 2 aromatic heterocycles. The van der Waals surface area contributed by atoms with E-state index in [0.717, 1.165) is 21.8 Å². The quantitative estimate of drug-likeness (QED) is 0.576. The molecular weight excluding hydrogens is 290 g/mol. The summed E-state index contributed by atoms with van der Waals surface area (Å²) in [5, 5.41) is 1.67. The zero-order valence-electron chi connectivity index (χ0n) is 12.6. The highest BCUT2D eigenvalue weighted by Gasteiger charge is 2.22. The molecule has 5 heteroatoms. The third-order valence-electron chi connectivity index (χ3n) is 3.98. The molecule has 0 aliphatic heterocycles. The summed E-state index contributed by atoms with van der Waals surface area (Å²) in [4.78, 5) is 16.9. The Morgan fingerprint density at radius 1 is 1.09 bits per heavy atom. The second kappa shape index (κ2) is 4.98. The summed E-state index contributed by atoms with van der Waals surface area (Å²) in [6.07, 6.45) is 0. The number of hydrogen-bond donors (Lipinski definition) is 1. The summed E-state index contributed by atoms with van der Waals surface area (Å²) in [6.45, 7) is 2.10. The van der Waals surface area contributed by atoms with Crippen molar-refractivity contribution in [1.82, 2.24) is 9.38 Å². The molecule has 0 saturated heterocycles. The summed E-state index contributed by atoms with van der Waals surface area (Å²) >= 11 is 0. The second-order valence-electron chi connectivity index (χ2n) is 5.29. The van der Waals surface area contributed by atoms with E-state index in [0.29, 0.717) is 23.6 Å². The molecule has 0 spiro atoms. The average Bonchev–Trinajstić information content (AvgIpc) is 2.89. The Labute approximate surface area is 132 Å². The topological polar surface area (TPSA) is 69.6 Å². The van der Waals surface area contributed by atoms with E-state index in [1.54, 1.807) is 6.92 Å². The van der Waals surface area contributed by atoms with Gasteiger partial charge >= 0.3 is 5.97 Å². The van der Waals surface area contributed by atoms with Crippen LogP contribution in [0.5, 0.6) is 0 Å². The molecule has 0 saturated carbocycles. The molecule has 23 heavy (non-hydrogen) atoms. The van der Waals surface area contributed by atoms with Gasteiger partial charge in [-0.1, -0.05) is 30.3 Å². The van der Waals surface area contributed by atoms with Crippen LogP contribution in [0, 0.1) is 0 Å². The molecule has 114 valence electrons. The third-order valence-corrected chi connectivity index (χ3v) is 3.98. The Kier molecular flexibility index (Phi) is 2.94. The summed E-state index contributed by atoms with van der Waals surface area (Å²) in [6, 6.07) is 15.5. The van der Waals surface area contributed by atoms with Crippen molar-refractivity contribution in [3.63, 3.8) is 0 Å². The summed E-state index contributed by atoms with van der Waals surface area (Å²) in [7, 11) is 0. The number of carbonyl (C=O) groups excluding carboxylic acids is 1. The van der Waals surface area contributed by atoms with Crippen molar-refractivity contribution in [3.05, 3.63) is 54.1 Å². The predicted octanol–water partition coefficient (Wildman–Crippen LogP) is 3.40. The minimum absolute atomic E-state index is 0.313. The molecule has 4 rings (SSSR count). The molecule has 2 N–H and O–H groups in total. The van der Waals surface area contributed by atoms with E-state index >= 15 is 0 Å². The molecule has 0 atom stereocenters. The maximum atomic E-state index is 12.5. The van der Waals surface area contributed by atoms with E-state index in [-0.39, 0.29) is 5.97 Å². The maximum Gasteiger partial charge on any atom is 0.342 e. The number of benzene rings is 2. The lowest BCUT2D eigenvalue weighted by Crippen LogP contribution is -2.06. The Balaban J connectivity index is 2.26. The molecule has 4 aromatic rings. The molecule has 0 aliphatic rings. The number of aromatic nitrogens is 2. The van der Waals surface area contributed by atoms with E-state index in [1.165, 1.54) is 0 Å². The Hall–Kier alpha value is -3.08. The van der Waals surface area contributed by atoms with Crippen molar-refractivity contribution in [2.75, 3.05) is 12.3 Å². The van der Waals surface area contributed by atoms with E-state index in [4.69, 9.17) is 10.5 Å². The fraction of sp³-hybridized carbons (Fsp3) is 0.111. The van der Waals surface area contributed by atoms with Crippen LogP contribution in [0.25, 0.3) is 27.5 Å². The predicted molar refractivity (Wildman–Crippen MR) is 90.6 cm³/mol. The van der Waals surface area contributed by atoms with Crippen LogP contribution in [0.2, 0.25) is 0 Å². The average molecular weight is 305 g/mol. The Morgan fingerprint density at radius 3 is 2.39 bits per heavy atom. The van der Waals surface area contributed by atoms with Crippen molar-refractivity contribution in [2.45, 2.75) is 6.92 Å². The van der Waals surface area contributed by atoms with Crippen LogP contribution in [-0.2, 0) is 4.74 Å². The molecule has 2 heterocycles. The number of nitrogen functional groups attached to an aromatic ring is 1. The van der Waals surface area contributed by atoms with Crippen molar-refractivity contribution < 1.29 is 9.53 Å². The smallest absolute Gasteiger partial charge is 0.342 e. The van der Waals surface area contributed by atoms with Crippen LogP contribution in [0.4, 0.5) is 5.82 Å². The van der Waals surface area contributed by atoms with Gasteiger partial charge < -0.3 is 10.5 Å². The zero-order chi connectivity index (χ0) is 16.0. The van der Waals surface area contributed by atoms with Gasteiger partial charge in [0.1, 0.15) is 11.4 Å². The molecule has 5 nitrogen and oxygen atoms in total. The van der Waals surface area contributed by atoms with Crippen LogP contribution >= 0.6 is 0 Å². The SMILES string of the molecule is CCOC(=O)c1c2ccccc2n2c1nc(N)c1ccccc12. The summed E-state index contributed by atoms with van der Waals surface area (Å²) < 4.78 is 7.19. The largest absolute Gasteiger partial charge is 0.462 e. The Bertz CT molecular complexity index is 1070.